The van der Waals surface area contributed by atoms with E-state index in [1.807, 2.05) is 7.11 Å². The third-order valence-corrected chi connectivity index (χ3v) is 5.70. The van der Waals surface area contributed by atoms with Gasteiger partial charge in [0.2, 0.25) is 0 Å². The summed E-state index contributed by atoms with van der Waals surface area (Å²) in [5.41, 5.74) is 4.39. The van der Waals surface area contributed by atoms with Crippen LogP contribution in [0, 0.1) is 11.8 Å². The van der Waals surface area contributed by atoms with Gasteiger partial charge in [-0.1, -0.05) is 86.0 Å². The van der Waals surface area contributed by atoms with E-state index in [0.29, 0.717) is 0 Å². The lowest BCUT2D eigenvalue weighted by Gasteiger charge is -2.41. The summed E-state index contributed by atoms with van der Waals surface area (Å²) in [7, 11) is 1.83. The van der Waals surface area contributed by atoms with Crippen molar-refractivity contribution in [1.29, 1.82) is 0 Å². The molecule has 2 aliphatic rings. The summed E-state index contributed by atoms with van der Waals surface area (Å²) in [4.78, 5) is 0. The Labute approximate surface area is 144 Å². The Balaban J connectivity index is 1.94. The predicted molar refractivity (Wildman–Crippen MR) is 98.9 cm³/mol. The van der Waals surface area contributed by atoms with Crippen molar-refractivity contribution in [2.75, 3.05) is 7.11 Å². The molecule has 0 heterocycles. The Kier molecular flexibility index (Phi) is 3.54. The van der Waals surface area contributed by atoms with Crippen LogP contribution < -0.4 is 0 Å². The zero-order valence-corrected chi connectivity index (χ0v) is 14.0. The second kappa shape index (κ2) is 5.61. The maximum Gasteiger partial charge on any atom is 0.0991 e. The highest BCUT2D eigenvalue weighted by Gasteiger charge is 2.60. The number of hydrogen-bond acceptors (Lipinski definition) is 1. The van der Waals surface area contributed by atoms with Gasteiger partial charge in [-0.15, -0.1) is 0 Å². The van der Waals surface area contributed by atoms with E-state index in [2.05, 4.69) is 86.0 Å². The highest BCUT2D eigenvalue weighted by Crippen LogP contribution is 2.61. The Bertz CT molecular complexity index is 737. The van der Waals surface area contributed by atoms with Crippen LogP contribution in [0.3, 0.4) is 0 Å². The fourth-order valence-corrected chi connectivity index (χ4v) is 4.63. The fraction of sp³-hybridized carbons (Fsp3) is 0.217. The molecule has 2 aliphatic carbocycles. The third-order valence-electron chi connectivity index (χ3n) is 5.70. The van der Waals surface area contributed by atoms with Gasteiger partial charge in [-0.3, -0.25) is 0 Å². The Hall–Kier alpha value is -2.38. The lowest BCUT2D eigenvalue weighted by Crippen LogP contribution is -2.44. The summed E-state index contributed by atoms with van der Waals surface area (Å²) in [6, 6.07) is 21.3. The molecule has 1 nitrogen and oxygen atoms in total. The molecule has 0 amide bonds. The second-order valence-corrected chi connectivity index (χ2v) is 6.70. The van der Waals surface area contributed by atoms with E-state index in [1.165, 1.54) is 11.1 Å². The Morgan fingerprint density at radius 1 is 0.792 bits per heavy atom. The molecule has 0 radical (unpaired) electrons. The standard InChI is InChI=1S/C23H22O/c1-16-17(2)21-15-14-20(16)23(21,24-3)22(18-10-6-4-7-11-18)19-12-8-5-9-13-19/h4-15,20-22H,1-2H2,3H3/t20-,21+,23?. The quantitative estimate of drug-likeness (QED) is 0.711. The Morgan fingerprint density at radius 3 is 1.58 bits per heavy atom. The number of benzene rings is 2. The highest BCUT2D eigenvalue weighted by atomic mass is 16.5. The molecule has 0 N–H and O–H groups in total. The molecule has 2 bridgehead atoms. The molecule has 2 aromatic rings. The molecule has 1 heteroatoms. The van der Waals surface area contributed by atoms with Crippen molar-refractivity contribution in [3.05, 3.63) is 108 Å². The van der Waals surface area contributed by atoms with Gasteiger partial charge < -0.3 is 4.74 Å². The second-order valence-electron chi connectivity index (χ2n) is 6.70. The normalized spacial score (nSPS) is 28.1. The molecular formula is C23H22O. The summed E-state index contributed by atoms with van der Waals surface area (Å²) in [6.07, 6.45) is 4.51. The van der Waals surface area contributed by atoms with Gasteiger partial charge in [0.25, 0.3) is 0 Å². The molecule has 24 heavy (non-hydrogen) atoms. The van der Waals surface area contributed by atoms with E-state index in [0.717, 1.165) is 11.1 Å². The highest BCUT2D eigenvalue weighted by molar-refractivity contribution is 5.56. The molecule has 0 aromatic heterocycles. The van der Waals surface area contributed by atoms with Crippen LogP contribution in [0.2, 0.25) is 0 Å². The van der Waals surface area contributed by atoms with Gasteiger partial charge in [-0.2, -0.15) is 0 Å². The first kappa shape index (κ1) is 15.2. The van der Waals surface area contributed by atoms with Crippen molar-refractivity contribution >= 4 is 0 Å². The first-order chi connectivity index (χ1) is 11.7. The minimum absolute atomic E-state index is 0.130. The Morgan fingerprint density at radius 2 is 1.21 bits per heavy atom. The first-order valence-corrected chi connectivity index (χ1v) is 8.41. The number of methoxy groups -OCH3 is 1. The molecule has 1 fully saturated rings. The smallest absolute Gasteiger partial charge is 0.0991 e. The maximum atomic E-state index is 6.31. The average molecular weight is 314 g/mol. The van der Waals surface area contributed by atoms with E-state index in [-0.39, 0.29) is 23.4 Å². The molecule has 1 saturated carbocycles. The number of ether oxygens (including phenoxy) is 1. The first-order valence-electron chi connectivity index (χ1n) is 8.41. The van der Waals surface area contributed by atoms with Crippen LogP contribution in [0.25, 0.3) is 0 Å². The predicted octanol–water partition coefficient (Wildman–Crippen LogP) is 5.13. The van der Waals surface area contributed by atoms with Gasteiger partial charge in [-0.25, -0.2) is 0 Å². The van der Waals surface area contributed by atoms with Crippen LogP contribution in [0.15, 0.2) is 97.1 Å². The van der Waals surface area contributed by atoms with E-state index in [9.17, 15) is 0 Å². The maximum absolute atomic E-state index is 6.31. The molecule has 0 spiro atoms. The summed E-state index contributed by atoms with van der Waals surface area (Å²) in [6.45, 7) is 8.60. The summed E-state index contributed by atoms with van der Waals surface area (Å²) in [5, 5.41) is 0. The third kappa shape index (κ3) is 1.91. The van der Waals surface area contributed by atoms with Crippen LogP contribution >= 0.6 is 0 Å². The lowest BCUT2D eigenvalue weighted by molar-refractivity contribution is -0.0472. The summed E-state index contributed by atoms with van der Waals surface area (Å²) >= 11 is 0. The van der Waals surface area contributed by atoms with E-state index in [4.69, 9.17) is 4.74 Å². The summed E-state index contributed by atoms with van der Waals surface area (Å²) < 4.78 is 6.31. The number of rotatable bonds is 4. The molecule has 2 aromatic carbocycles. The lowest BCUT2D eigenvalue weighted by atomic mass is 9.70. The fourth-order valence-electron chi connectivity index (χ4n) is 4.63. The minimum atomic E-state index is -0.378. The van der Waals surface area contributed by atoms with Crippen LogP contribution in [0.5, 0.6) is 0 Å². The largest absolute Gasteiger partial charge is 0.375 e. The molecule has 0 saturated heterocycles. The zero-order chi connectivity index (χ0) is 16.7. The molecule has 120 valence electrons. The van der Waals surface area contributed by atoms with Gasteiger partial charge in [0, 0.05) is 24.9 Å². The van der Waals surface area contributed by atoms with Gasteiger partial charge in [0.05, 0.1) is 5.60 Å². The number of hydrogen-bond donors (Lipinski definition) is 0. The molecule has 3 atom stereocenters. The minimum Gasteiger partial charge on any atom is -0.375 e. The van der Waals surface area contributed by atoms with E-state index >= 15 is 0 Å². The van der Waals surface area contributed by atoms with E-state index < -0.39 is 0 Å². The van der Waals surface area contributed by atoms with Gasteiger partial charge in [-0.05, 0) is 22.3 Å². The van der Waals surface area contributed by atoms with Crippen LogP contribution in [0.1, 0.15) is 17.0 Å². The SMILES string of the molecule is C=C1C(=C)[C@@H]2C=C[C@H]1C2(OC)C(c1ccccc1)c1ccccc1. The van der Waals surface area contributed by atoms with Crippen molar-refractivity contribution in [2.24, 2.45) is 11.8 Å². The zero-order valence-electron chi connectivity index (χ0n) is 14.0. The molecule has 4 rings (SSSR count). The molecule has 0 aliphatic heterocycles. The van der Waals surface area contributed by atoms with Crippen LogP contribution in [0.4, 0.5) is 0 Å². The van der Waals surface area contributed by atoms with Crippen molar-refractivity contribution in [3.8, 4) is 0 Å². The average Bonchev–Trinajstić information content (AvgIpc) is 3.10. The van der Waals surface area contributed by atoms with Crippen LogP contribution in [-0.4, -0.2) is 12.7 Å². The van der Waals surface area contributed by atoms with E-state index in [1.54, 1.807) is 0 Å². The van der Waals surface area contributed by atoms with Gasteiger partial charge >= 0.3 is 0 Å². The monoisotopic (exact) mass is 314 g/mol. The van der Waals surface area contributed by atoms with Crippen molar-refractivity contribution < 1.29 is 4.74 Å². The van der Waals surface area contributed by atoms with Gasteiger partial charge in [0.15, 0.2) is 0 Å². The molecular weight excluding hydrogens is 292 g/mol. The molecule has 1 unspecified atom stereocenters. The number of fused-ring (bicyclic) bond motifs is 2. The van der Waals surface area contributed by atoms with Crippen molar-refractivity contribution in [3.63, 3.8) is 0 Å². The topological polar surface area (TPSA) is 9.23 Å². The summed E-state index contributed by atoms with van der Waals surface area (Å²) in [5.74, 6) is 0.474. The van der Waals surface area contributed by atoms with Gasteiger partial charge in [0.1, 0.15) is 0 Å². The van der Waals surface area contributed by atoms with Crippen LogP contribution in [-0.2, 0) is 4.74 Å². The van der Waals surface area contributed by atoms with Crippen molar-refractivity contribution in [2.45, 2.75) is 11.5 Å². The van der Waals surface area contributed by atoms with Crippen molar-refractivity contribution in [1.82, 2.24) is 0 Å².